The van der Waals surface area contributed by atoms with Crippen LogP contribution in [0.2, 0.25) is 0 Å². The predicted molar refractivity (Wildman–Crippen MR) is 81.2 cm³/mol. The monoisotopic (exact) mass is 320 g/mol. The second kappa shape index (κ2) is 7.78. The Kier molecular flexibility index (Phi) is 5.75. The molecule has 22 heavy (non-hydrogen) atoms. The average molecular weight is 320 g/mol. The zero-order chi connectivity index (χ0) is 15.9. The maximum Gasteiger partial charge on any atom is 0.303 e. The number of esters is 2. The van der Waals surface area contributed by atoms with Crippen molar-refractivity contribution in [2.24, 2.45) is 0 Å². The molecule has 0 aromatic carbocycles. The van der Waals surface area contributed by atoms with Gasteiger partial charge in [0.25, 0.3) is 0 Å². The minimum atomic E-state index is -0.587. The van der Waals surface area contributed by atoms with Gasteiger partial charge in [0.05, 0.1) is 0 Å². The molecule has 0 fully saturated rings. The van der Waals surface area contributed by atoms with E-state index in [9.17, 15) is 9.59 Å². The molecule has 0 N–H and O–H groups in total. The van der Waals surface area contributed by atoms with Gasteiger partial charge in [0.2, 0.25) is 0 Å². The van der Waals surface area contributed by atoms with Gasteiger partial charge in [-0.15, -0.1) is 0 Å². The minimum absolute atomic E-state index is 0.00819. The smallest absolute Gasteiger partial charge is 0.303 e. The molecule has 2 rings (SSSR count). The normalized spacial score (nSPS) is 23.3. The molecule has 1 aliphatic heterocycles. The van der Waals surface area contributed by atoms with Crippen LogP contribution in [0.25, 0.3) is 0 Å². The van der Waals surface area contributed by atoms with Crippen LogP contribution >= 0.6 is 11.3 Å². The van der Waals surface area contributed by atoms with Crippen LogP contribution in [0, 0.1) is 11.8 Å². The Balaban J connectivity index is 2.05. The van der Waals surface area contributed by atoms with E-state index in [1.165, 1.54) is 13.8 Å². The molecular weight excluding hydrogens is 304 g/mol. The van der Waals surface area contributed by atoms with E-state index in [0.29, 0.717) is 0 Å². The Bertz CT molecular complexity index is 608. The van der Waals surface area contributed by atoms with Gasteiger partial charge in [-0.3, -0.25) is 9.59 Å². The number of carbonyl (C=O) groups is 2. The molecule has 3 atom stereocenters. The highest BCUT2D eigenvalue weighted by Crippen LogP contribution is 2.17. The highest BCUT2D eigenvalue weighted by atomic mass is 32.1. The van der Waals surface area contributed by atoms with E-state index in [4.69, 9.17) is 14.2 Å². The molecule has 6 heteroatoms. The van der Waals surface area contributed by atoms with Crippen LogP contribution in [0.15, 0.2) is 29.0 Å². The van der Waals surface area contributed by atoms with Gasteiger partial charge in [0.1, 0.15) is 24.9 Å². The lowest BCUT2D eigenvalue weighted by molar-refractivity contribution is -0.161. The van der Waals surface area contributed by atoms with Crippen LogP contribution < -0.4 is 0 Å². The zero-order valence-electron chi connectivity index (χ0n) is 12.3. The lowest BCUT2D eigenvalue weighted by Gasteiger charge is -2.29. The van der Waals surface area contributed by atoms with E-state index in [1.807, 2.05) is 16.8 Å². The van der Waals surface area contributed by atoms with Crippen molar-refractivity contribution in [3.63, 3.8) is 0 Å². The third kappa shape index (κ3) is 5.02. The first kappa shape index (κ1) is 16.3. The Labute approximate surface area is 132 Å². The minimum Gasteiger partial charge on any atom is -0.463 e. The Morgan fingerprint density at radius 3 is 2.77 bits per heavy atom. The fourth-order valence-electron chi connectivity index (χ4n) is 1.86. The molecule has 2 heterocycles. The van der Waals surface area contributed by atoms with Gasteiger partial charge >= 0.3 is 11.9 Å². The summed E-state index contributed by atoms with van der Waals surface area (Å²) in [4.78, 5) is 22.1. The van der Waals surface area contributed by atoms with Gasteiger partial charge in [0, 0.05) is 24.8 Å². The van der Waals surface area contributed by atoms with Gasteiger partial charge in [-0.2, -0.15) is 11.3 Å². The molecule has 0 amide bonds. The topological polar surface area (TPSA) is 61.8 Å². The van der Waals surface area contributed by atoms with Crippen LogP contribution in [0.4, 0.5) is 0 Å². The zero-order valence-corrected chi connectivity index (χ0v) is 13.1. The Hall–Kier alpha value is -2.10. The van der Waals surface area contributed by atoms with Crippen LogP contribution in [-0.4, -0.2) is 36.9 Å². The van der Waals surface area contributed by atoms with E-state index in [-0.39, 0.29) is 6.61 Å². The SMILES string of the molecule is CC(=O)OC[C@H]1O[C@H](C#Cc2ccsc2)C=C[C@H]1OC(C)=O. The molecule has 0 spiro atoms. The van der Waals surface area contributed by atoms with E-state index >= 15 is 0 Å². The summed E-state index contributed by atoms with van der Waals surface area (Å²) >= 11 is 1.57. The Morgan fingerprint density at radius 2 is 2.14 bits per heavy atom. The number of hydrogen-bond donors (Lipinski definition) is 0. The molecule has 0 bridgehead atoms. The molecular formula is C16H16O5S. The molecule has 5 nitrogen and oxygen atoms in total. The van der Waals surface area contributed by atoms with Crippen molar-refractivity contribution >= 4 is 23.3 Å². The standard InChI is InChI=1S/C16H16O5S/c1-11(17)19-9-16-15(20-12(2)18)6-5-14(21-16)4-3-13-7-8-22-10-13/h5-8,10,14-16H,9H2,1-2H3/t14-,15-,16-/m1/s1. The molecule has 0 unspecified atom stereocenters. The van der Waals surface area contributed by atoms with Crippen molar-refractivity contribution in [2.75, 3.05) is 6.61 Å². The molecule has 0 saturated heterocycles. The summed E-state index contributed by atoms with van der Waals surface area (Å²) in [5.41, 5.74) is 0.917. The van der Waals surface area contributed by atoms with Crippen molar-refractivity contribution in [3.05, 3.63) is 34.5 Å². The first-order chi connectivity index (χ1) is 10.5. The van der Waals surface area contributed by atoms with Crippen molar-refractivity contribution in [2.45, 2.75) is 32.2 Å². The second-order valence-electron chi connectivity index (χ2n) is 4.64. The maximum atomic E-state index is 11.1. The van der Waals surface area contributed by atoms with Gasteiger partial charge < -0.3 is 14.2 Å². The molecule has 1 aromatic heterocycles. The van der Waals surface area contributed by atoms with Crippen LogP contribution in [-0.2, 0) is 23.8 Å². The Morgan fingerprint density at radius 1 is 1.32 bits per heavy atom. The number of ether oxygens (including phenoxy) is 3. The number of thiophene rings is 1. The molecule has 0 radical (unpaired) electrons. The summed E-state index contributed by atoms with van der Waals surface area (Å²) in [6.07, 6.45) is 1.85. The molecule has 1 aliphatic rings. The lowest BCUT2D eigenvalue weighted by atomic mass is 10.1. The molecule has 0 saturated carbocycles. The predicted octanol–water partition coefficient (Wildman–Crippen LogP) is 1.92. The summed E-state index contributed by atoms with van der Waals surface area (Å²) < 4.78 is 15.8. The molecule has 116 valence electrons. The van der Waals surface area contributed by atoms with Gasteiger partial charge in [-0.1, -0.05) is 11.8 Å². The van der Waals surface area contributed by atoms with Crippen molar-refractivity contribution < 1.29 is 23.8 Å². The number of rotatable bonds is 3. The van der Waals surface area contributed by atoms with E-state index in [0.717, 1.165) is 5.56 Å². The van der Waals surface area contributed by atoms with E-state index in [2.05, 4.69) is 11.8 Å². The fourth-order valence-corrected chi connectivity index (χ4v) is 2.45. The number of hydrogen-bond acceptors (Lipinski definition) is 6. The summed E-state index contributed by atoms with van der Waals surface area (Å²) in [5.74, 6) is 5.15. The van der Waals surface area contributed by atoms with Gasteiger partial charge in [-0.25, -0.2) is 0 Å². The van der Waals surface area contributed by atoms with Gasteiger partial charge in [0.15, 0.2) is 0 Å². The van der Waals surface area contributed by atoms with Crippen molar-refractivity contribution in [3.8, 4) is 11.8 Å². The van der Waals surface area contributed by atoms with Crippen LogP contribution in [0.1, 0.15) is 19.4 Å². The first-order valence-electron chi connectivity index (χ1n) is 6.72. The lowest BCUT2D eigenvalue weighted by Crippen LogP contribution is -2.41. The van der Waals surface area contributed by atoms with Crippen LogP contribution in [0.5, 0.6) is 0 Å². The third-order valence-electron chi connectivity index (χ3n) is 2.80. The van der Waals surface area contributed by atoms with E-state index in [1.54, 1.807) is 23.5 Å². The number of carbonyl (C=O) groups excluding carboxylic acids is 2. The second-order valence-corrected chi connectivity index (χ2v) is 5.42. The van der Waals surface area contributed by atoms with E-state index < -0.39 is 30.3 Å². The molecule has 1 aromatic rings. The average Bonchev–Trinajstić information content (AvgIpc) is 2.97. The summed E-state index contributed by atoms with van der Waals surface area (Å²) in [6, 6.07) is 1.92. The largest absolute Gasteiger partial charge is 0.463 e. The highest BCUT2D eigenvalue weighted by Gasteiger charge is 2.29. The summed E-state index contributed by atoms with van der Waals surface area (Å²) in [5, 5.41) is 3.89. The van der Waals surface area contributed by atoms with Crippen molar-refractivity contribution in [1.82, 2.24) is 0 Å². The quantitative estimate of drug-likeness (QED) is 0.484. The first-order valence-corrected chi connectivity index (χ1v) is 7.67. The van der Waals surface area contributed by atoms with Gasteiger partial charge in [-0.05, 0) is 23.6 Å². The maximum absolute atomic E-state index is 11.1. The van der Waals surface area contributed by atoms with Crippen molar-refractivity contribution in [1.29, 1.82) is 0 Å². The highest BCUT2D eigenvalue weighted by molar-refractivity contribution is 7.08. The fraction of sp³-hybridized carbons (Fsp3) is 0.375. The van der Waals surface area contributed by atoms with Crippen LogP contribution in [0.3, 0.4) is 0 Å². The summed E-state index contributed by atoms with van der Waals surface area (Å²) in [6.45, 7) is 2.64. The molecule has 0 aliphatic carbocycles. The third-order valence-corrected chi connectivity index (χ3v) is 3.48. The summed E-state index contributed by atoms with van der Waals surface area (Å²) in [7, 11) is 0.